The van der Waals surface area contributed by atoms with Crippen LogP contribution in [0.4, 0.5) is 0 Å². The number of allylic oxidation sites excluding steroid dienone is 6. The summed E-state index contributed by atoms with van der Waals surface area (Å²) in [5, 5.41) is 31.4. The van der Waals surface area contributed by atoms with E-state index in [1.165, 1.54) is 77.0 Å². The third-order valence-electron chi connectivity index (χ3n) is 12.7. The van der Waals surface area contributed by atoms with Crippen LogP contribution in [-0.2, 0) is 42.9 Å². The van der Waals surface area contributed by atoms with Crippen LogP contribution in [0.5, 0.6) is 0 Å². The molecule has 6 unspecified atom stereocenters. The number of aliphatic carboxylic acids is 1. The summed E-state index contributed by atoms with van der Waals surface area (Å²) in [7, 11) is 0. The summed E-state index contributed by atoms with van der Waals surface area (Å²) in [6, 6.07) is 0. The molecular formula is C57H100O12. The molecule has 0 aliphatic carbocycles. The van der Waals surface area contributed by atoms with Gasteiger partial charge in [-0.25, -0.2) is 4.79 Å². The average Bonchev–Trinajstić information content (AvgIpc) is 3.33. The lowest BCUT2D eigenvalue weighted by Gasteiger charge is -2.40. The first kappa shape index (κ1) is 64.0. The first-order valence-electron chi connectivity index (χ1n) is 28.0. The van der Waals surface area contributed by atoms with E-state index in [1.807, 2.05) is 0 Å². The van der Waals surface area contributed by atoms with Gasteiger partial charge in [-0.1, -0.05) is 198 Å². The highest BCUT2D eigenvalue weighted by Crippen LogP contribution is 2.26. The zero-order valence-corrected chi connectivity index (χ0v) is 43.8. The number of esters is 3. The molecule has 69 heavy (non-hydrogen) atoms. The molecule has 12 heteroatoms. The molecule has 6 atom stereocenters. The molecule has 0 aromatic heterocycles. The van der Waals surface area contributed by atoms with Crippen molar-refractivity contribution in [1.82, 2.24) is 0 Å². The molecule has 3 N–H and O–H groups in total. The summed E-state index contributed by atoms with van der Waals surface area (Å²) >= 11 is 0. The number of carboxylic acid groups (broad SMARTS) is 1. The quantitative estimate of drug-likeness (QED) is 0.0228. The number of ether oxygens (including phenoxy) is 5. The summed E-state index contributed by atoms with van der Waals surface area (Å²) in [6.07, 6.45) is 39.8. The molecule has 0 bridgehead atoms. The van der Waals surface area contributed by atoms with Crippen LogP contribution in [0.1, 0.15) is 252 Å². The SMILES string of the molecule is CCC/C=C\C/C=C\CCCCCCCC(=O)OC(COC(=O)CCCCCCC/C=C\CCCCCCCC)COC1OC(C(=O)O)C(O)C(O)C1OC(=O)CCCCCCCCCCCCC. The zero-order chi connectivity index (χ0) is 50.4. The Morgan fingerprint density at radius 2 is 0.899 bits per heavy atom. The Labute approximate surface area is 419 Å². The Balaban J connectivity index is 2.72. The van der Waals surface area contributed by atoms with Crippen LogP contribution < -0.4 is 0 Å². The van der Waals surface area contributed by atoms with Crippen molar-refractivity contribution < 1.29 is 58.2 Å². The number of carbonyl (C=O) groups is 4. The van der Waals surface area contributed by atoms with E-state index >= 15 is 0 Å². The van der Waals surface area contributed by atoms with Gasteiger partial charge in [-0.3, -0.25) is 14.4 Å². The number of carboxylic acids is 1. The fourth-order valence-corrected chi connectivity index (χ4v) is 8.34. The van der Waals surface area contributed by atoms with Crippen LogP contribution in [0.2, 0.25) is 0 Å². The molecule has 400 valence electrons. The molecule has 1 aliphatic heterocycles. The minimum atomic E-state index is -1.90. The Morgan fingerprint density at radius 1 is 0.478 bits per heavy atom. The van der Waals surface area contributed by atoms with Crippen molar-refractivity contribution in [3.05, 3.63) is 36.5 Å². The van der Waals surface area contributed by atoms with Gasteiger partial charge in [0.1, 0.15) is 18.8 Å². The minimum Gasteiger partial charge on any atom is -0.479 e. The molecule has 0 aromatic carbocycles. The number of rotatable bonds is 47. The van der Waals surface area contributed by atoms with Crippen LogP contribution in [0.25, 0.3) is 0 Å². The summed E-state index contributed by atoms with van der Waals surface area (Å²) in [5.74, 6) is -3.13. The van der Waals surface area contributed by atoms with Gasteiger partial charge in [0.25, 0.3) is 0 Å². The van der Waals surface area contributed by atoms with Crippen LogP contribution in [0.15, 0.2) is 36.5 Å². The fourth-order valence-electron chi connectivity index (χ4n) is 8.34. The monoisotopic (exact) mass is 977 g/mol. The Hall–Kier alpha value is -3.06. The van der Waals surface area contributed by atoms with Gasteiger partial charge < -0.3 is 39.0 Å². The molecule has 1 saturated heterocycles. The summed E-state index contributed by atoms with van der Waals surface area (Å²) in [5.41, 5.74) is 0. The molecule has 1 heterocycles. The van der Waals surface area contributed by atoms with Crippen molar-refractivity contribution in [2.75, 3.05) is 13.2 Å². The van der Waals surface area contributed by atoms with Gasteiger partial charge in [-0.05, 0) is 70.6 Å². The molecule has 1 fully saturated rings. The molecular weight excluding hydrogens is 877 g/mol. The van der Waals surface area contributed by atoms with E-state index in [0.29, 0.717) is 19.3 Å². The molecule has 0 spiro atoms. The summed E-state index contributed by atoms with van der Waals surface area (Å²) < 4.78 is 28.3. The first-order chi connectivity index (χ1) is 33.6. The maximum atomic E-state index is 13.1. The van der Waals surface area contributed by atoms with Crippen LogP contribution in [0, 0.1) is 0 Å². The smallest absolute Gasteiger partial charge is 0.335 e. The molecule has 1 rings (SSSR count). The summed E-state index contributed by atoms with van der Waals surface area (Å²) in [4.78, 5) is 50.9. The van der Waals surface area contributed by atoms with Crippen molar-refractivity contribution >= 4 is 23.9 Å². The second kappa shape index (κ2) is 46.0. The third-order valence-corrected chi connectivity index (χ3v) is 12.7. The number of aliphatic hydroxyl groups excluding tert-OH is 2. The van der Waals surface area contributed by atoms with E-state index in [2.05, 4.69) is 57.2 Å². The van der Waals surface area contributed by atoms with Gasteiger partial charge in [-0.2, -0.15) is 0 Å². The maximum absolute atomic E-state index is 13.1. The van der Waals surface area contributed by atoms with Crippen molar-refractivity contribution in [2.24, 2.45) is 0 Å². The molecule has 0 saturated carbocycles. The molecule has 0 aromatic rings. The molecule has 0 radical (unpaired) electrons. The predicted octanol–water partition coefficient (Wildman–Crippen LogP) is 13.7. The number of unbranched alkanes of at least 4 members (excludes halogenated alkanes) is 27. The predicted molar refractivity (Wildman–Crippen MR) is 276 cm³/mol. The largest absolute Gasteiger partial charge is 0.479 e. The molecule has 12 nitrogen and oxygen atoms in total. The Kier molecular flexibility index (Phi) is 42.7. The fraction of sp³-hybridized carbons (Fsp3) is 0.825. The highest BCUT2D eigenvalue weighted by Gasteiger charge is 2.50. The van der Waals surface area contributed by atoms with Crippen molar-refractivity contribution in [2.45, 2.75) is 289 Å². The lowest BCUT2D eigenvalue weighted by atomic mass is 9.98. The van der Waals surface area contributed by atoms with Crippen LogP contribution in [-0.4, -0.2) is 89.2 Å². The average molecular weight is 977 g/mol. The van der Waals surface area contributed by atoms with E-state index in [-0.39, 0.29) is 25.9 Å². The van der Waals surface area contributed by atoms with Gasteiger partial charge in [0.15, 0.2) is 24.6 Å². The van der Waals surface area contributed by atoms with E-state index < -0.39 is 67.3 Å². The number of carbonyl (C=O) groups excluding carboxylic acids is 3. The van der Waals surface area contributed by atoms with E-state index in [0.717, 1.165) is 116 Å². The Bertz CT molecular complexity index is 1350. The topological polar surface area (TPSA) is 175 Å². The zero-order valence-electron chi connectivity index (χ0n) is 43.8. The minimum absolute atomic E-state index is 0.0619. The Morgan fingerprint density at radius 3 is 1.38 bits per heavy atom. The van der Waals surface area contributed by atoms with Crippen molar-refractivity contribution in [3.63, 3.8) is 0 Å². The van der Waals surface area contributed by atoms with Gasteiger partial charge in [0, 0.05) is 19.3 Å². The lowest BCUT2D eigenvalue weighted by Crippen LogP contribution is -2.61. The van der Waals surface area contributed by atoms with Crippen molar-refractivity contribution in [1.29, 1.82) is 0 Å². The third kappa shape index (κ3) is 36.5. The van der Waals surface area contributed by atoms with Crippen molar-refractivity contribution in [3.8, 4) is 0 Å². The highest BCUT2D eigenvalue weighted by atomic mass is 16.7. The number of hydrogen-bond donors (Lipinski definition) is 3. The summed E-state index contributed by atoms with van der Waals surface area (Å²) in [6.45, 7) is 5.89. The standard InChI is InChI=1S/C57H100O12/c1-4-7-10-13-16-19-22-24-25-27-29-31-34-37-40-43-49(58)65-46-48(67-50(59)44-41-38-35-33-30-26-23-20-17-14-11-8-5-2)47-66-57-55(53(62)52(61)54(69-57)56(63)64)68-51(60)45-42-39-36-32-28-21-18-15-12-9-6-3/h11,14,20,23-25,48,52-55,57,61-62H,4-10,12-13,15-19,21-22,26-47H2,1-3H3,(H,63,64)/b14-11-,23-20-,25-24-. The van der Waals surface area contributed by atoms with E-state index in [4.69, 9.17) is 23.7 Å². The van der Waals surface area contributed by atoms with Gasteiger partial charge in [-0.15, -0.1) is 0 Å². The van der Waals surface area contributed by atoms with Gasteiger partial charge in [0.05, 0.1) is 6.61 Å². The maximum Gasteiger partial charge on any atom is 0.335 e. The van der Waals surface area contributed by atoms with Gasteiger partial charge in [0.2, 0.25) is 0 Å². The van der Waals surface area contributed by atoms with Gasteiger partial charge >= 0.3 is 23.9 Å². The molecule has 1 aliphatic rings. The number of hydrogen-bond acceptors (Lipinski definition) is 11. The highest BCUT2D eigenvalue weighted by molar-refractivity contribution is 5.74. The van der Waals surface area contributed by atoms with Crippen LogP contribution in [0.3, 0.4) is 0 Å². The van der Waals surface area contributed by atoms with E-state index in [9.17, 15) is 34.5 Å². The normalized spacial score (nSPS) is 18.9. The first-order valence-corrected chi connectivity index (χ1v) is 28.0. The molecule has 0 amide bonds. The lowest BCUT2D eigenvalue weighted by molar-refractivity contribution is -0.301. The van der Waals surface area contributed by atoms with Crippen LogP contribution >= 0.6 is 0 Å². The second-order valence-corrected chi connectivity index (χ2v) is 19.2. The number of aliphatic hydroxyl groups is 2. The second-order valence-electron chi connectivity index (χ2n) is 19.2. The van der Waals surface area contributed by atoms with E-state index in [1.54, 1.807) is 0 Å².